The second-order valence-corrected chi connectivity index (χ2v) is 8.21. The van der Waals surface area contributed by atoms with Gasteiger partial charge in [0.2, 0.25) is 6.23 Å². The molecule has 2 amide bonds. The molecule has 8 nitrogen and oxygen atoms in total. The number of nitrogens with one attached hydrogen (secondary N) is 1. The fourth-order valence-electron chi connectivity index (χ4n) is 3.49. The molecule has 174 valence electrons. The highest BCUT2D eigenvalue weighted by Crippen LogP contribution is 2.41. The zero-order valence-corrected chi connectivity index (χ0v) is 18.0. The maximum atomic E-state index is 15.4. The first-order chi connectivity index (χ1) is 15.9. The number of carbonyl (C=O) groups excluding carboxylic acids is 3. The van der Waals surface area contributed by atoms with Crippen molar-refractivity contribution in [2.45, 2.75) is 24.4 Å². The van der Waals surface area contributed by atoms with Crippen LogP contribution >= 0.6 is 11.9 Å². The van der Waals surface area contributed by atoms with E-state index in [2.05, 4.69) is 4.72 Å². The lowest BCUT2D eigenvalue weighted by Crippen LogP contribution is -2.56. The molecule has 4 rings (SSSR count). The summed E-state index contributed by atoms with van der Waals surface area (Å²) in [4.78, 5) is 37.8. The van der Waals surface area contributed by atoms with Crippen LogP contribution in [0.15, 0.2) is 60.7 Å². The third-order valence-electron chi connectivity index (χ3n) is 5.12. The minimum atomic E-state index is -3.76. The Labute approximate surface area is 192 Å². The van der Waals surface area contributed by atoms with Gasteiger partial charge in [-0.05, 0) is 36.2 Å². The van der Waals surface area contributed by atoms with E-state index < -0.39 is 48.9 Å². The van der Waals surface area contributed by atoms with Gasteiger partial charge in [-0.25, -0.2) is 14.4 Å². The average Bonchev–Trinajstić information content (AvgIpc) is 3.08. The van der Waals surface area contributed by atoms with Gasteiger partial charge in [-0.2, -0.15) is 8.78 Å². The van der Waals surface area contributed by atoms with Crippen molar-refractivity contribution in [2.24, 2.45) is 0 Å². The quantitative estimate of drug-likeness (QED) is 0.504. The predicted molar refractivity (Wildman–Crippen MR) is 114 cm³/mol. The smallest absolute Gasteiger partial charge is 0.338 e. The van der Waals surface area contributed by atoms with Crippen LogP contribution in [0.3, 0.4) is 0 Å². The van der Waals surface area contributed by atoms with E-state index in [1.54, 1.807) is 36.4 Å². The minimum Gasteiger partial charge on any atom is -0.459 e. The van der Waals surface area contributed by atoms with Crippen LogP contribution in [0.1, 0.15) is 20.7 Å². The van der Waals surface area contributed by atoms with Crippen LogP contribution < -0.4 is 4.72 Å². The number of nitrogens with zero attached hydrogens (tertiary/aromatic N) is 1. The standard InChI is InChI=1S/C22H20F2N2O6S/c23-22(24)17(32-19(28)15-9-5-2-6-10-15)16(13-30-18(27)14-7-3-1-4-8-14)31-20(22)26-11-12-33-25-21(26)29/h1-10,16-17,20H,11-13H2,(H,25,29)/t16-,17-,20-/m1/s1. The van der Waals surface area contributed by atoms with E-state index in [1.807, 2.05) is 0 Å². The van der Waals surface area contributed by atoms with Gasteiger partial charge in [-0.1, -0.05) is 36.4 Å². The highest BCUT2D eigenvalue weighted by molar-refractivity contribution is 7.98. The molecule has 2 aliphatic rings. The Kier molecular flexibility index (Phi) is 6.80. The summed E-state index contributed by atoms with van der Waals surface area (Å²) >= 11 is 1.09. The summed E-state index contributed by atoms with van der Waals surface area (Å²) in [6, 6.07) is 14.9. The number of ether oxygens (including phenoxy) is 3. The number of hydrogen-bond acceptors (Lipinski definition) is 7. The van der Waals surface area contributed by atoms with E-state index in [1.165, 1.54) is 24.3 Å². The molecular weight excluding hydrogens is 458 g/mol. The van der Waals surface area contributed by atoms with E-state index in [9.17, 15) is 14.4 Å². The number of hydrogen-bond donors (Lipinski definition) is 1. The lowest BCUT2D eigenvalue weighted by Gasteiger charge is -2.34. The van der Waals surface area contributed by atoms with E-state index in [4.69, 9.17) is 14.2 Å². The van der Waals surface area contributed by atoms with E-state index in [-0.39, 0.29) is 17.7 Å². The van der Waals surface area contributed by atoms with Gasteiger partial charge >= 0.3 is 23.9 Å². The SMILES string of the molecule is O=C(OC[C@H]1O[C@@H](N2CCSNC2=O)C(F)(F)[C@@H]1OC(=O)c1ccccc1)c1ccccc1. The lowest BCUT2D eigenvalue weighted by atomic mass is 10.1. The molecule has 2 heterocycles. The van der Waals surface area contributed by atoms with Gasteiger partial charge in [0.25, 0.3) is 0 Å². The lowest BCUT2D eigenvalue weighted by molar-refractivity contribution is -0.154. The van der Waals surface area contributed by atoms with Gasteiger partial charge in [0.15, 0.2) is 6.10 Å². The molecule has 1 N–H and O–H groups in total. The molecule has 11 heteroatoms. The Morgan fingerprint density at radius 1 is 1.06 bits per heavy atom. The molecule has 0 spiro atoms. The number of halogens is 2. The van der Waals surface area contributed by atoms with Crippen LogP contribution in [0, 0.1) is 0 Å². The fraction of sp³-hybridized carbons (Fsp3) is 0.318. The zero-order chi connectivity index (χ0) is 23.4. The third-order valence-corrected chi connectivity index (χ3v) is 5.82. The van der Waals surface area contributed by atoms with Gasteiger partial charge in [0, 0.05) is 12.3 Å². The number of amides is 2. The molecule has 33 heavy (non-hydrogen) atoms. The highest BCUT2D eigenvalue weighted by atomic mass is 32.2. The molecule has 3 atom stereocenters. The summed E-state index contributed by atoms with van der Waals surface area (Å²) in [5.74, 6) is -5.12. The number of alkyl halides is 2. The summed E-state index contributed by atoms with van der Waals surface area (Å²) in [7, 11) is 0. The molecule has 0 aliphatic carbocycles. The monoisotopic (exact) mass is 478 g/mol. The van der Waals surface area contributed by atoms with E-state index >= 15 is 8.78 Å². The van der Waals surface area contributed by atoms with Gasteiger partial charge in [-0.3, -0.25) is 9.62 Å². The minimum absolute atomic E-state index is 0.00658. The van der Waals surface area contributed by atoms with Gasteiger partial charge in [0.1, 0.15) is 12.7 Å². The maximum absolute atomic E-state index is 15.4. The first-order valence-electron chi connectivity index (χ1n) is 10.1. The first-order valence-corrected chi connectivity index (χ1v) is 11.1. The number of rotatable bonds is 6. The average molecular weight is 478 g/mol. The first kappa shape index (κ1) is 23.0. The van der Waals surface area contributed by atoms with Crippen molar-refractivity contribution in [1.82, 2.24) is 9.62 Å². The Bertz CT molecular complexity index is 1010. The van der Waals surface area contributed by atoms with Crippen molar-refractivity contribution in [3.05, 3.63) is 71.8 Å². The molecule has 2 fully saturated rings. The number of benzene rings is 2. The molecule has 2 saturated heterocycles. The summed E-state index contributed by atoms with van der Waals surface area (Å²) < 4.78 is 49.1. The van der Waals surface area contributed by atoms with Gasteiger partial charge < -0.3 is 14.2 Å². The molecule has 0 radical (unpaired) electrons. The van der Waals surface area contributed by atoms with E-state index in [0.717, 1.165) is 16.8 Å². The maximum Gasteiger partial charge on any atom is 0.338 e. The van der Waals surface area contributed by atoms with Crippen LogP contribution in [0.5, 0.6) is 0 Å². The molecule has 2 aromatic carbocycles. The number of carbonyl (C=O) groups is 3. The van der Waals surface area contributed by atoms with Crippen LogP contribution in [0.4, 0.5) is 13.6 Å². The normalized spacial score (nSPS) is 24.1. The van der Waals surface area contributed by atoms with Crippen LogP contribution in [0.2, 0.25) is 0 Å². The number of urea groups is 1. The molecule has 0 bridgehead atoms. The largest absolute Gasteiger partial charge is 0.459 e. The Morgan fingerprint density at radius 2 is 1.67 bits per heavy atom. The zero-order valence-electron chi connectivity index (χ0n) is 17.2. The van der Waals surface area contributed by atoms with Crippen molar-refractivity contribution in [3.63, 3.8) is 0 Å². The Morgan fingerprint density at radius 3 is 2.27 bits per heavy atom. The van der Waals surface area contributed by atoms with E-state index in [0.29, 0.717) is 5.75 Å². The Hall–Kier alpha value is -3.18. The molecule has 0 saturated carbocycles. The van der Waals surface area contributed by atoms with Crippen LogP contribution in [0.25, 0.3) is 0 Å². The summed E-state index contributed by atoms with van der Waals surface area (Å²) in [6.45, 7) is -0.594. The van der Waals surface area contributed by atoms with Crippen molar-refractivity contribution < 1.29 is 37.4 Å². The predicted octanol–water partition coefficient (Wildman–Crippen LogP) is 3.10. The third kappa shape index (κ3) is 4.93. The molecule has 0 aromatic heterocycles. The van der Waals surface area contributed by atoms with Gasteiger partial charge in [-0.15, -0.1) is 0 Å². The summed E-state index contributed by atoms with van der Waals surface area (Å²) in [5, 5.41) is 0. The highest BCUT2D eigenvalue weighted by Gasteiger charge is 2.64. The van der Waals surface area contributed by atoms with Crippen molar-refractivity contribution in [2.75, 3.05) is 18.9 Å². The topological polar surface area (TPSA) is 94.2 Å². The Balaban J connectivity index is 1.55. The van der Waals surface area contributed by atoms with Crippen LogP contribution in [-0.2, 0) is 14.2 Å². The molecule has 0 unspecified atom stereocenters. The van der Waals surface area contributed by atoms with Crippen LogP contribution in [-0.4, -0.2) is 66.1 Å². The second-order valence-electron chi connectivity index (χ2n) is 7.31. The van der Waals surface area contributed by atoms with Gasteiger partial charge in [0.05, 0.1) is 11.1 Å². The number of esters is 2. The van der Waals surface area contributed by atoms with Crippen molar-refractivity contribution in [3.8, 4) is 0 Å². The molecule has 2 aliphatic heterocycles. The fourth-order valence-corrected chi connectivity index (χ4v) is 4.12. The second kappa shape index (κ2) is 9.75. The molecule has 2 aromatic rings. The molecular formula is C22H20F2N2O6S. The van der Waals surface area contributed by atoms with Crippen molar-refractivity contribution in [1.29, 1.82) is 0 Å². The summed E-state index contributed by atoms with van der Waals surface area (Å²) in [5.41, 5.74) is 0.299. The summed E-state index contributed by atoms with van der Waals surface area (Å²) in [6.07, 6.45) is -5.57. The van der Waals surface area contributed by atoms with Crippen molar-refractivity contribution >= 4 is 29.9 Å².